The molecule has 34 heavy (non-hydrogen) atoms. The van der Waals surface area contributed by atoms with Crippen LogP contribution in [0.1, 0.15) is 40.0 Å². The Kier molecular flexibility index (Phi) is 10.8. The fraction of sp³-hybridized carbons (Fsp3) is 0.560. The lowest BCUT2D eigenvalue weighted by molar-refractivity contribution is -0.140. The maximum atomic E-state index is 13.9. The number of hydrogen-bond acceptors (Lipinski definition) is 5. The average Bonchev–Trinajstić information content (AvgIpc) is 2.83. The van der Waals surface area contributed by atoms with Gasteiger partial charge in [0.25, 0.3) is 0 Å². The van der Waals surface area contributed by atoms with E-state index in [1.165, 1.54) is 12.4 Å². The molecule has 0 aliphatic carbocycles. The minimum atomic E-state index is -1.06. The highest BCUT2D eigenvalue weighted by atomic mass is 19.1. The maximum Gasteiger partial charge on any atom is 0.225 e. The highest BCUT2D eigenvalue weighted by molar-refractivity contribution is 5.79. The number of piperidine rings is 2. The molecule has 4 N–H and O–H groups in total. The molecule has 9 heteroatoms. The Labute approximate surface area is 200 Å². The molecule has 0 radical (unpaired) electrons. The van der Waals surface area contributed by atoms with Crippen LogP contribution in [0.3, 0.4) is 0 Å². The summed E-state index contributed by atoms with van der Waals surface area (Å²) in [6, 6.07) is 1.21. The highest BCUT2D eigenvalue weighted by Gasteiger charge is 2.35. The molecule has 2 saturated heterocycles. The molecule has 1 amide bonds. The van der Waals surface area contributed by atoms with Crippen molar-refractivity contribution in [1.82, 2.24) is 9.80 Å². The van der Waals surface area contributed by atoms with Crippen LogP contribution < -0.4 is 16.2 Å². The van der Waals surface area contributed by atoms with Crippen molar-refractivity contribution in [3.05, 3.63) is 53.6 Å². The van der Waals surface area contributed by atoms with E-state index in [0.29, 0.717) is 38.2 Å². The zero-order valence-corrected chi connectivity index (χ0v) is 20.3. The molecule has 2 atom stereocenters. The minimum Gasteiger partial charge on any atom is -0.484 e. The number of likely N-dealkylation sites (tertiary alicyclic amines) is 2. The van der Waals surface area contributed by atoms with Crippen molar-refractivity contribution < 1.29 is 22.7 Å². The van der Waals surface area contributed by atoms with Gasteiger partial charge in [0.2, 0.25) is 5.91 Å². The van der Waals surface area contributed by atoms with Crippen molar-refractivity contribution in [1.29, 1.82) is 0 Å². The molecule has 1 aromatic carbocycles. The van der Waals surface area contributed by atoms with Gasteiger partial charge in [0.1, 0.15) is 11.9 Å². The van der Waals surface area contributed by atoms with Gasteiger partial charge in [-0.1, -0.05) is 20.8 Å². The number of amides is 1. The van der Waals surface area contributed by atoms with Crippen molar-refractivity contribution in [2.45, 2.75) is 46.1 Å². The molecular weight excluding hydrogens is 445 g/mol. The summed E-state index contributed by atoms with van der Waals surface area (Å²) in [6.45, 7) is 9.09. The van der Waals surface area contributed by atoms with E-state index in [1.807, 2.05) is 25.7 Å². The normalized spacial score (nSPS) is 22.4. The van der Waals surface area contributed by atoms with Gasteiger partial charge in [-0.25, -0.2) is 13.2 Å². The summed E-state index contributed by atoms with van der Waals surface area (Å²) in [5, 5.41) is 0. The molecular formula is C25H37F3N4O2. The van der Waals surface area contributed by atoms with E-state index in [9.17, 15) is 18.0 Å². The lowest BCUT2D eigenvalue weighted by Gasteiger charge is -2.40. The molecule has 2 heterocycles. The number of carbonyl (C=O) groups excluding carboxylic acids is 1. The van der Waals surface area contributed by atoms with Gasteiger partial charge in [-0.3, -0.25) is 9.69 Å². The third-order valence-corrected chi connectivity index (χ3v) is 6.24. The third kappa shape index (κ3) is 7.16. The van der Waals surface area contributed by atoms with Gasteiger partial charge in [-0.05, 0) is 50.0 Å². The Morgan fingerprint density at radius 2 is 1.71 bits per heavy atom. The number of nitrogens with two attached hydrogens (primary N) is 2. The predicted octanol–water partition coefficient (Wildman–Crippen LogP) is 3.77. The Morgan fingerprint density at radius 1 is 1.09 bits per heavy atom. The summed E-state index contributed by atoms with van der Waals surface area (Å²) in [7, 11) is 0. The summed E-state index contributed by atoms with van der Waals surface area (Å²) in [5.41, 5.74) is 12.0. The molecule has 0 bridgehead atoms. The van der Waals surface area contributed by atoms with Crippen LogP contribution in [0.15, 0.2) is 36.2 Å². The van der Waals surface area contributed by atoms with Crippen LogP contribution in [-0.4, -0.2) is 54.5 Å². The Bertz CT molecular complexity index is 847. The van der Waals surface area contributed by atoms with Crippen LogP contribution in [0, 0.1) is 29.3 Å². The molecule has 1 aromatic rings. The van der Waals surface area contributed by atoms with Crippen molar-refractivity contribution in [3.8, 4) is 5.75 Å². The first-order chi connectivity index (χ1) is 16.3. The van der Waals surface area contributed by atoms with Gasteiger partial charge >= 0.3 is 0 Å². The number of halogens is 3. The monoisotopic (exact) mass is 482 g/mol. The number of hydrogen-bond donors (Lipinski definition) is 2. The van der Waals surface area contributed by atoms with Gasteiger partial charge in [0.15, 0.2) is 17.4 Å². The van der Waals surface area contributed by atoms with Gasteiger partial charge in [-0.2, -0.15) is 0 Å². The van der Waals surface area contributed by atoms with E-state index in [4.69, 9.17) is 16.2 Å². The van der Waals surface area contributed by atoms with E-state index < -0.39 is 29.3 Å². The number of nitrogens with zero attached hydrogens (tertiary/aromatic N) is 2. The van der Waals surface area contributed by atoms with Crippen LogP contribution in [0.5, 0.6) is 5.75 Å². The second-order valence-electron chi connectivity index (χ2n) is 8.56. The van der Waals surface area contributed by atoms with Crippen molar-refractivity contribution in [2.24, 2.45) is 23.3 Å². The molecule has 190 valence electrons. The first kappa shape index (κ1) is 27.6. The fourth-order valence-electron chi connectivity index (χ4n) is 4.43. The Hall–Kier alpha value is -2.68. The summed E-state index contributed by atoms with van der Waals surface area (Å²) in [6.07, 6.45) is 6.30. The first-order valence-electron chi connectivity index (χ1n) is 11.9. The number of ether oxygens (including phenoxy) is 1. The quantitative estimate of drug-likeness (QED) is 0.603. The van der Waals surface area contributed by atoms with Crippen LogP contribution in [0.25, 0.3) is 0 Å². The third-order valence-electron chi connectivity index (χ3n) is 6.24. The largest absolute Gasteiger partial charge is 0.484 e. The topological polar surface area (TPSA) is 84.8 Å². The van der Waals surface area contributed by atoms with Crippen molar-refractivity contribution in [3.63, 3.8) is 0 Å². The predicted molar refractivity (Wildman–Crippen MR) is 127 cm³/mol. The molecule has 3 rings (SSSR count). The summed E-state index contributed by atoms with van der Waals surface area (Å²) in [5.74, 6) is -3.71. The molecule has 2 aliphatic rings. The molecule has 2 unspecified atom stereocenters. The summed E-state index contributed by atoms with van der Waals surface area (Å²) >= 11 is 0. The van der Waals surface area contributed by atoms with E-state index in [2.05, 4.69) is 4.90 Å². The number of benzene rings is 1. The van der Waals surface area contributed by atoms with Crippen molar-refractivity contribution in [2.75, 3.05) is 32.7 Å². The van der Waals surface area contributed by atoms with E-state index in [-0.39, 0.29) is 17.7 Å². The fourth-order valence-corrected chi connectivity index (χ4v) is 4.43. The average molecular weight is 483 g/mol. The van der Waals surface area contributed by atoms with Gasteiger partial charge in [-0.15, -0.1) is 0 Å². The van der Waals surface area contributed by atoms with E-state index in [0.717, 1.165) is 31.5 Å². The van der Waals surface area contributed by atoms with Crippen LogP contribution in [0.4, 0.5) is 13.2 Å². The highest BCUT2D eigenvalue weighted by Crippen LogP contribution is 2.30. The second-order valence-corrected chi connectivity index (χ2v) is 8.56. The van der Waals surface area contributed by atoms with E-state index in [1.54, 1.807) is 6.08 Å². The smallest absolute Gasteiger partial charge is 0.225 e. The Morgan fingerprint density at radius 3 is 2.24 bits per heavy atom. The summed E-state index contributed by atoms with van der Waals surface area (Å²) < 4.78 is 46.5. The molecule has 6 nitrogen and oxygen atoms in total. The van der Waals surface area contributed by atoms with Gasteiger partial charge in [0, 0.05) is 50.0 Å². The maximum absolute atomic E-state index is 13.9. The summed E-state index contributed by atoms with van der Waals surface area (Å²) in [4.78, 5) is 17.1. The van der Waals surface area contributed by atoms with Gasteiger partial charge < -0.3 is 21.1 Å². The zero-order chi connectivity index (χ0) is 25.3. The first-order valence-corrected chi connectivity index (χ1v) is 11.9. The lowest BCUT2D eigenvalue weighted by atomic mass is 9.91. The van der Waals surface area contributed by atoms with Crippen molar-refractivity contribution >= 4 is 5.91 Å². The SMILES string of the molecule is CC.CC1CN(C(=O)C2CCN(CC(/C=C\N)=C/N)CC2)CCC1Oc1c(F)cc(F)cc1F. The molecule has 0 saturated carbocycles. The Balaban J connectivity index is 0.00000199. The lowest BCUT2D eigenvalue weighted by Crippen LogP contribution is -2.50. The van der Waals surface area contributed by atoms with Crippen LogP contribution in [-0.2, 0) is 4.79 Å². The van der Waals surface area contributed by atoms with E-state index >= 15 is 0 Å². The van der Waals surface area contributed by atoms with Crippen LogP contribution >= 0.6 is 0 Å². The standard InChI is InChI=1S/C23H31F3N4O2.C2H6/c1-15-13-30(9-5-21(15)32-22-19(25)10-18(24)11-20(22)26)23(31)17-3-7-29(8-4-17)14-16(12-28)2-6-27;1-2/h2,6,10-12,15,17,21H,3-5,7-9,13-14,27-28H2,1H3;1-2H3/b6-2-,16-12+;. The molecule has 2 fully saturated rings. The molecule has 0 spiro atoms. The minimum absolute atomic E-state index is 0.0433. The zero-order valence-electron chi connectivity index (χ0n) is 20.3. The molecule has 0 aromatic heterocycles. The number of rotatable bonds is 6. The van der Waals surface area contributed by atoms with Gasteiger partial charge in [0.05, 0.1) is 0 Å². The van der Waals surface area contributed by atoms with Crippen LogP contribution in [0.2, 0.25) is 0 Å². The molecule has 2 aliphatic heterocycles. The number of carbonyl (C=O) groups is 1. The second kappa shape index (κ2) is 13.3.